The number of aromatic nitrogens is 4. The van der Waals surface area contributed by atoms with Crippen LogP contribution in [0, 0.1) is 0 Å². The van der Waals surface area contributed by atoms with Gasteiger partial charge in [-0.05, 0) is 28.1 Å². The van der Waals surface area contributed by atoms with Crippen LogP contribution in [0.1, 0.15) is 0 Å². The molecule has 0 aliphatic rings. The highest BCUT2D eigenvalue weighted by Crippen LogP contribution is 2.23. The first-order valence-electron chi connectivity index (χ1n) is 4.25. The summed E-state index contributed by atoms with van der Waals surface area (Å²) < 4.78 is 2.60. The first kappa shape index (κ1) is 8.99. The Morgan fingerprint density at radius 1 is 1.40 bits per heavy atom. The van der Waals surface area contributed by atoms with Gasteiger partial charge >= 0.3 is 0 Å². The van der Waals surface area contributed by atoms with Crippen molar-refractivity contribution in [2.45, 2.75) is 0 Å². The Morgan fingerprint density at radius 2 is 2.33 bits per heavy atom. The molecule has 0 unspecified atom stereocenters. The molecule has 3 rings (SSSR count). The second-order valence-electron chi connectivity index (χ2n) is 2.95. The van der Waals surface area contributed by atoms with E-state index in [0.717, 1.165) is 20.1 Å². The molecule has 3 aromatic rings. The van der Waals surface area contributed by atoms with Gasteiger partial charge in [-0.1, -0.05) is 11.3 Å². The van der Waals surface area contributed by atoms with Gasteiger partial charge in [-0.25, -0.2) is 9.50 Å². The van der Waals surface area contributed by atoms with E-state index in [-0.39, 0.29) is 0 Å². The molecular formula is C9H5BrN4S. The van der Waals surface area contributed by atoms with Gasteiger partial charge in [-0.15, -0.1) is 5.10 Å². The fourth-order valence-electron chi connectivity index (χ4n) is 1.33. The lowest BCUT2D eigenvalue weighted by Gasteiger charge is -1.91. The Morgan fingerprint density at radius 3 is 3.07 bits per heavy atom. The number of fused-ring (bicyclic) bond motifs is 1. The van der Waals surface area contributed by atoms with Crippen LogP contribution in [-0.2, 0) is 0 Å². The van der Waals surface area contributed by atoms with Crippen LogP contribution in [-0.4, -0.2) is 19.6 Å². The normalized spacial score (nSPS) is 11.0. The lowest BCUT2D eigenvalue weighted by Crippen LogP contribution is -1.79. The summed E-state index contributed by atoms with van der Waals surface area (Å²) >= 11 is 4.82. The first-order chi connectivity index (χ1) is 7.33. The van der Waals surface area contributed by atoms with Gasteiger partial charge in [0, 0.05) is 18.0 Å². The van der Waals surface area contributed by atoms with E-state index in [1.54, 1.807) is 16.9 Å². The molecule has 6 heteroatoms. The lowest BCUT2D eigenvalue weighted by atomic mass is 10.2. The molecule has 4 nitrogen and oxygen atoms in total. The van der Waals surface area contributed by atoms with Crippen LogP contribution in [0.15, 0.2) is 34.6 Å². The molecule has 0 amide bonds. The molecule has 0 bridgehead atoms. The highest BCUT2D eigenvalue weighted by Gasteiger charge is 2.07. The van der Waals surface area contributed by atoms with Crippen molar-refractivity contribution in [2.24, 2.45) is 0 Å². The molecule has 0 aromatic carbocycles. The van der Waals surface area contributed by atoms with Crippen molar-refractivity contribution in [3.05, 3.63) is 34.6 Å². The molecule has 0 atom stereocenters. The van der Waals surface area contributed by atoms with E-state index in [1.807, 2.05) is 18.3 Å². The highest BCUT2D eigenvalue weighted by atomic mass is 79.9. The third-order valence-electron chi connectivity index (χ3n) is 1.98. The van der Waals surface area contributed by atoms with Crippen LogP contribution in [0.5, 0.6) is 0 Å². The van der Waals surface area contributed by atoms with Crippen molar-refractivity contribution in [1.29, 1.82) is 0 Å². The number of hydrogen-bond acceptors (Lipinski definition) is 4. The van der Waals surface area contributed by atoms with E-state index in [0.29, 0.717) is 0 Å². The van der Waals surface area contributed by atoms with E-state index < -0.39 is 0 Å². The maximum Gasteiger partial charge on any atom is 0.213 e. The molecule has 0 aliphatic carbocycles. The van der Waals surface area contributed by atoms with Crippen LogP contribution in [0.4, 0.5) is 0 Å². The maximum absolute atomic E-state index is 4.45. The van der Waals surface area contributed by atoms with E-state index in [9.17, 15) is 0 Å². The Labute approximate surface area is 97.7 Å². The Bertz CT molecular complexity index is 569. The summed E-state index contributed by atoms with van der Waals surface area (Å²) in [5.74, 6) is 0. The van der Waals surface area contributed by atoms with Crippen molar-refractivity contribution in [2.75, 3.05) is 0 Å². The number of halogens is 1. The summed E-state index contributed by atoms with van der Waals surface area (Å²) in [6.45, 7) is 0. The molecule has 0 saturated heterocycles. The largest absolute Gasteiger partial charge is 0.264 e. The third kappa shape index (κ3) is 1.55. The van der Waals surface area contributed by atoms with Crippen LogP contribution in [0.2, 0.25) is 0 Å². The number of rotatable bonds is 1. The SMILES string of the molecule is Brc1nn2cc(-c3cccnc3)nc2s1. The number of imidazole rings is 1. The smallest absolute Gasteiger partial charge is 0.213 e. The summed E-state index contributed by atoms with van der Waals surface area (Å²) in [6.07, 6.45) is 5.44. The van der Waals surface area contributed by atoms with Crippen LogP contribution < -0.4 is 0 Å². The van der Waals surface area contributed by atoms with Gasteiger partial charge in [0.05, 0.1) is 11.9 Å². The van der Waals surface area contributed by atoms with E-state index in [2.05, 4.69) is 31.0 Å². The fraction of sp³-hybridized carbons (Fsp3) is 0. The highest BCUT2D eigenvalue weighted by molar-refractivity contribution is 9.11. The Kier molecular flexibility index (Phi) is 2.03. The predicted octanol–water partition coefficient (Wildman–Crippen LogP) is 2.62. The van der Waals surface area contributed by atoms with Gasteiger partial charge in [0.25, 0.3) is 0 Å². The van der Waals surface area contributed by atoms with Gasteiger partial charge in [0.15, 0.2) is 3.92 Å². The van der Waals surface area contributed by atoms with E-state index >= 15 is 0 Å². The standard InChI is InChI=1S/C9H5BrN4S/c10-8-13-14-5-7(12-9(14)15-8)6-2-1-3-11-4-6/h1-5H. The summed E-state index contributed by atoms with van der Waals surface area (Å²) in [6, 6.07) is 3.88. The number of hydrogen-bond donors (Lipinski definition) is 0. The first-order valence-corrected chi connectivity index (χ1v) is 5.86. The Hall–Kier alpha value is -1.27. The van der Waals surface area contributed by atoms with Crippen molar-refractivity contribution in [3.63, 3.8) is 0 Å². The quantitative estimate of drug-likeness (QED) is 0.688. The van der Waals surface area contributed by atoms with Crippen molar-refractivity contribution >= 4 is 32.2 Å². The minimum absolute atomic E-state index is 0.836. The summed E-state index contributed by atoms with van der Waals surface area (Å²) in [7, 11) is 0. The monoisotopic (exact) mass is 280 g/mol. The molecule has 0 fully saturated rings. The zero-order valence-electron chi connectivity index (χ0n) is 7.46. The molecular weight excluding hydrogens is 276 g/mol. The second-order valence-corrected chi connectivity index (χ2v) is 5.18. The summed E-state index contributed by atoms with van der Waals surface area (Å²) in [5.41, 5.74) is 1.90. The van der Waals surface area contributed by atoms with Crippen molar-refractivity contribution in [1.82, 2.24) is 19.6 Å². The average Bonchev–Trinajstić information content (AvgIpc) is 2.76. The summed E-state index contributed by atoms with van der Waals surface area (Å²) in [5, 5.41) is 4.23. The van der Waals surface area contributed by atoms with Gasteiger partial charge in [0.1, 0.15) is 0 Å². The zero-order chi connectivity index (χ0) is 10.3. The molecule has 74 valence electrons. The molecule has 0 saturated carbocycles. The molecule has 15 heavy (non-hydrogen) atoms. The van der Waals surface area contributed by atoms with Crippen LogP contribution in [0.3, 0.4) is 0 Å². The molecule has 0 aliphatic heterocycles. The van der Waals surface area contributed by atoms with Crippen molar-refractivity contribution < 1.29 is 0 Å². The van der Waals surface area contributed by atoms with Crippen molar-refractivity contribution in [3.8, 4) is 11.3 Å². The Balaban J connectivity index is 2.16. The second kappa shape index (κ2) is 3.39. The molecule has 0 spiro atoms. The lowest BCUT2D eigenvalue weighted by molar-refractivity contribution is 0.959. The van der Waals surface area contributed by atoms with Gasteiger partial charge in [-0.2, -0.15) is 0 Å². The van der Waals surface area contributed by atoms with Gasteiger partial charge in [0.2, 0.25) is 4.96 Å². The van der Waals surface area contributed by atoms with E-state index in [1.165, 1.54) is 11.3 Å². The average molecular weight is 281 g/mol. The molecule has 0 N–H and O–H groups in total. The predicted molar refractivity (Wildman–Crippen MR) is 61.8 cm³/mol. The minimum atomic E-state index is 0.836. The van der Waals surface area contributed by atoms with Crippen LogP contribution >= 0.6 is 27.3 Å². The summed E-state index contributed by atoms with van der Waals surface area (Å²) in [4.78, 5) is 9.39. The van der Waals surface area contributed by atoms with Gasteiger partial charge in [-0.3, -0.25) is 4.98 Å². The third-order valence-corrected chi connectivity index (χ3v) is 3.33. The number of pyridine rings is 1. The maximum atomic E-state index is 4.45. The zero-order valence-corrected chi connectivity index (χ0v) is 9.86. The topological polar surface area (TPSA) is 43.1 Å². The van der Waals surface area contributed by atoms with Crippen LogP contribution in [0.25, 0.3) is 16.2 Å². The molecule has 0 radical (unpaired) electrons. The minimum Gasteiger partial charge on any atom is -0.264 e. The fourth-order valence-corrected chi connectivity index (χ4v) is 2.54. The van der Waals surface area contributed by atoms with Gasteiger partial charge < -0.3 is 0 Å². The van der Waals surface area contributed by atoms with E-state index in [4.69, 9.17) is 0 Å². The molecule has 3 aromatic heterocycles. The number of nitrogens with zero attached hydrogens (tertiary/aromatic N) is 4. The molecule has 3 heterocycles.